The SMILES string of the molecule is CC(=O)N(CC1CCCN1CC(=O)NC1CCOCC1)C1CC1. The van der Waals surface area contributed by atoms with Gasteiger partial charge in [-0.2, -0.15) is 0 Å². The second-order valence-corrected chi connectivity index (χ2v) is 7.12. The second-order valence-electron chi connectivity index (χ2n) is 7.12. The fourth-order valence-electron chi connectivity index (χ4n) is 3.76. The van der Waals surface area contributed by atoms with Crippen molar-refractivity contribution < 1.29 is 14.3 Å². The number of carbonyl (C=O) groups excluding carboxylic acids is 2. The Balaban J connectivity index is 1.47. The summed E-state index contributed by atoms with van der Waals surface area (Å²) in [6.45, 7) is 5.35. The third-order valence-corrected chi connectivity index (χ3v) is 5.23. The highest BCUT2D eigenvalue weighted by molar-refractivity contribution is 5.78. The van der Waals surface area contributed by atoms with Crippen molar-refractivity contribution in [2.24, 2.45) is 0 Å². The Kier molecular flexibility index (Phi) is 5.54. The molecule has 2 heterocycles. The van der Waals surface area contributed by atoms with Crippen LogP contribution >= 0.6 is 0 Å². The smallest absolute Gasteiger partial charge is 0.234 e. The molecule has 130 valence electrons. The van der Waals surface area contributed by atoms with E-state index in [0.717, 1.165) is 64.8 Å². The Hall–Kier alpha value is -1.14. The summed E-state index contributed by atoms with van der Waals surface area (Å²) in [6.07, 6.45) is 6.30. The molecular formula is C17H29N3O3. The van der Waals surface area contributed by atoms with E-state index in [-0.39, 0.29) is 17.9 Å². The van der Waals surface area contributed by atoms with Crippen molar-refractivity contribution in [3.05, 3.63) is 0 Å². The van der Waals surface area contributed by atoms with Crippen LogP contribution < -0.4 is 5.32 Å². The molecule has 1 aliphatic carbocycles. The molecule has 1 atom stereocenters. The van der Waals surface area contributed by atoms with Gasteiger partial charge >= 0.3 is 0 Å². The number of rotatable bonds is 6. The normalized spacial score (nSPS) is 26.2. The van der Waals surface area contributed by atoms with Crippen LogP contribution in [0.3, 0.4) is 0 Å². The van der Waals surface area contributed by atoms with E-state index in [4.69, 9.17) is 4.74 Å². The lowest BCUT2D eigenvalue weighted by molar-refractivity contribution is -0.130. The van der Waals surface area contributed by atoms with Gasteiger partial charge in [0, 0.05) is 44.8 Å². The average molecular weight is 323 g/mol. The predicted molar refractivity (Wildman–Crippen MR) is 87.0 cm³/mol. The number of carbonyl (C=O) groups is 2. The van der Waals surface area contributed by atoms with Crippen molar-refractivity contribution in [2.75, 3.05) is 32.8 Å². The zero-order chi connectivity index (χ0) is 16.2. The van der Waals surface area contributed by atoms with Gasteiger partial charge in [0.25, 0.3) is 0 Å². The van der Waals surface area contributed by atoms with E-state index in [2.05, 4.69) is 10.2 Å². The first-order chi connectivity index (χ1) is 11.1. The van der Waals surface area contributed by atoms with Crippen LogP contribution in [0.25, 0.3) is 0 Å². The van der Waals surface area contributed by atoms with Crippen molar-refractivity contribution in [3.63, 3.8) is 0 Å². The summed E-state index contributed by atoms with van der Waals surface area (Å²) in [4.78, 5) is 28.4. The largest absolute Gasteiger partial charge is 0.381 e. The molecule has 1 unspecified atom stereocenters. The first-order valence-corrected chi connectivity index (χ1v) is 9.02. The van der Waals surface area contributed by atoms with E-state index in [9.17, 15) is 9.59 Å². The first kappa shape index (κ1) is 16.7. The molecular weight excluding hydrogens is 294 g/mol. The minimum absolute atomic E-state index is 0.115. The zero-order valence-electron chi connectivity index (χ0n) is 14.1. The molecule has 0 spiro atoms. The lowest BCUT2D eigenvalue weighted by atomic mass is 10.1. The molecule has 1 saturated carbocycles. The minimum atomic E-state index is 0.115. The van der Waals surface area contributed by atoms with Crippen LogP contribution in [0.15, 0.2) is 0 Å². The Morgan fingerprint density at radius 3 is 2.57 bits per heavy atom. The topological polar surface area (TPSA) is 61.9 Å². The van der Waals surface area contributed by atoms with Gasteiger partial charge in [-0.1, -0.05) is 0 Å². The fraction of sp³-hybridized carbons (Fsp3) is 0.882. The van der Waals surface area contributed by atoms with Gasteiger partial charge in [0.1, 0.15) is 0 Å². The quantitative estimate of drug-likeness (QED) is 0.784. The van der Waals surface area contributed by atoms with E-state index in [0.29, 0.717) is 18.6 Å². The van der Waals surface area contributed by atoms with E-state index < -0.39 is 0 Å². The first-order valence-electron chi connectivity index (χ1n) is 9.02. The Bertz CT molecular complexity index is 433. The molecule has 6 heteroatoms. The Morgan fingerprint density at radius 1 is 1.17 bits per heavy atom. The number of amides is 2. The number of likely N-dealkylation sites (tertiary alicyclic amines) is 1. The van der Waals surface area contributed by atoms with Crippen LogP contribution in [0, 0.1) is 0 Å². The van der Waals surface area contributed by atoms with Crippen molar-refractivity contribution in [1.29, 1.82) is 0 Å². The number of hydrogen-bond donors (Lipinski definition) is 1. The van der Waals surface area contributed by atoms with Crippen LogP contribution in [0.4, 0.5) is 0 Å². The maximum Gasteiger partial charge on any atom is 0.234 e. The van der Waals surface area contributed by atoms with E-state index in [1.54, 1.807) is 6.92 Å². The molecule has 2 amide bonds. The standard InChI is InChI=1S/C17H29N3O3/c1-13(21)20(15-4-5-15)11-16-3-2-8-19(16)12-17(22)18-14-6-9-23-10-7-14/h14-16H,2-12H2,1H3,(H,18,22). The van der Waals surface area contributed by atoms with E-state index in [1.165, 1.54) is 0 Å². The van der Waals surface area contributed by atoms with Crippen LogP contribution in [0.1, 0.15) is 45.4 Å². The summed E-state index contributed by atoms with van der Waals surface area (Å²) in [5, 5.41) is 3.14. The van der Waals surface area contributed by atoms with Gasteiger partial charge in [-0.25, -0.2) is 0 Å². The van der Waals surface area contributed by atoms with Crippen molar-refractivity contribution in [1.82, 2.24) is 15.1 Å². The molecule has 6 nitrogen and oxygen atoms in total. The molecule has 0 bridgehead atoms. The van der Waals surface area contributed by atoms with Crippen LogP contribution in [0.5, 0.6) is 0 Å². The summed E-state index contributed by atoms with van der Waals surface area (Å²) in [7, 11) is 0. The van der Waals surface area contributed by atoms with Gasteiger partial charge in [0.05, 0.1) is 6.54 Å². The summed E-state index contributed by atoms with van der Waals surface area (Å²) in [6, 6.07) is 1.04. The third kappa shape index (κ3) is 4.67. The fourth-order valence-corrected chi connectivity index (χ4v) is 3.76. The molecule has 0 radical (unpaired) electrons. The van der Waals surface area contributed by atoms with E-state index in [1.807, 2.05) is 4.90 Å². The number of ether oxygens (including phenoxy) is 1. The summed E-state index contributed by atoms with van der Waals surface area (Å²) >= 11 is 0. The molecule has 3 rings (SSSR count). The number of hydrogen-bond acceptors (Lipinski definition) is 4. The number of nitrogens with zero attached hydrogens (tertiary/aromatic N) is 2. The highest BCUT2D eigenvalue weighted by Crippen LogP contribution is 2.29. The van der Waals surface area contributed by atoms with Crippen molar-refractivity contribution >= 4 is 11.8 Å². The molecule has 3 fully saturated rings. The highest BCUT2D eigenvalue weighted by atomic mass is 16.5. The third-order valence-electron chi connectivity index (χ3n) is 5.23. The molecule has 0 aromatic rings. The van der Waals surface area contributed by atoms with Gasteiger partial charge in [0.15, 0.2) is 0 Å². The minimum Gasteiger partial charge on any atom is -0.381 e. The van der Waals surface area contributed by atoms with Crippen LogP contribution in [0.2, 0.25) is 0 Å². The highest BCUT2D eigenvalue weighted by Gasteiger charge is 2.35. The van der Waals surface area contributed by atoms with E-state index >= 15 is 0 Å². The summed E-state index contributed by atoms with van der Waals surface area (Å²) < 4.78 is 5.33. The molecule has 3 aliphatic rings. The van der Waals surface area contributed by atoms with Gasteiger partial charge in [0.2, 0.25) is 11.8 Å². The molecule has 23 heavy (non-hydrogen) atoms. The molecule has 0 aromatic carbocycles. The molecule has 0 aromatic heterocycles. The lowest BCUT2D eigenvalue weighted by Gasteiger charge is -2.31. The molecule has 2 saturated heterocycles. The Morgan fingerprint density at radius 2 is 1.91 bits per heavy atom. The summed E-state index contributed by atoms with van der Waals surface area (Å²) in [5.41, 5.74) is 0. The van der Waals surface area contributed by atoms with Gasteiger partial charge in [-0.05, 0) is 45.1 Å². The van der Waals surface area contributed by atoms with Crippen LogP contribution in [-0.4, -0.2) is 72.6 Å². The molecule has 2 aliphatic heterocycles. The second kappa shape index (κ2) is 7.62. The van der Waals surface area contributed by atoms with Crippen molar-refractivity contribution in [2.45, 2.75) is 63.6 Å². The summed E-state index contributed by atoms with van der Waals surface area (Å²) in [5.74, 6) is 0.288. The maximum atomic E-state index is 12.3. The van der Waals surface area contributed by atoms with Gasteiger partial charge in [-0.15, -0.1) is 0 Å². The lowest BCUT2D eigenvalue weighted by Crippen LogP contribution is -2.48. The molecule has 1 N–H and O–H groups in total. The van der Waals surface area contributed by atoms with Crippen LogP contribution in [-0.2, 0) is 14.3 Å². The van der Waals surface area contributed by atoms with Crippen molar-refractivity contribution in [3.8, 4) is 0 Å². The maximum absolute atomic E-state index is 12.3. The Labute approximate surface area is 138 Å². The van der Waals surface area contributed by atoms with Gasteiger partial charge in [-0.3, -0.25) is 14.5 Å². The van der Waals surface area contributed by atoms with Gasteiger partial charge < -0.3 is 15.0 Å². The average Bonchev–Trinajstić information content (AvgIpc) is 3.27. The zero-order valence-corrected chi connectivity index (χ0v) is 14.1. The number of nitrogens with one attached hydrogen (secondary N) is 1. The monoisotopic (exact) mass is 323 g/mol. The predicted octanol–water partition coefficient (Wildman–Crippen LogP) is 0.757.